The highest BCUT2D eigenvalue weighted by molar-refractivity contribution is 6.00. The summed E-state index contributed by atoms with van der Waals surface area (Å²) >= 11 is 0. The van der Waals surface area contributed by atoms with Gasteiger partial charge in [0.15, 0.2) is 11.6 Å². The number of pyridine rings is 1. The van der Waals surface area contributed by atoms with Crippen LogP contribution in [0.3, 0.4) is 0 Å². The fraction of sp³-hybridized carbons (Fsp3) is 0.600. The van der Waals surface area contributed by atoms with Crippen molar-refractivity contribution in [3.8, 4) is 5.75 Å². The number of hydrogen-bond acceptors (Lipinski definition) is 10. The van der Waals surface area contributed by atoms with E-state index >= 15 is 4.39 Å². The van der Waals surface area contributed by atoms with Crippen molar-refractivity contribution in [2.24, 2.45) is 5.11 Å². The van der Waals surface area contributed by atoms with Gasteiger partial charge in [-0.1, -0.05) is 5.11 Å². The number of anilines is 1. The summed E-state index contributed by atoms with van der Waals surface area (Å²) in [5, 5.41) is 15.1. The number of nitrogens with zero attached hydrogens (tertiary/aromatic N) is 7. The second-order valence-electron chi connectivity index (χ2n) is 11.4. The van der Waals surface area contributed by atoms with E-state index in [2.05, 4.69) is 20.2 Å². The number of aliphatic carboxylic acids is 1. The Labute approximate surface area is 270 Å². The third kappa shape index (κ3) is 9.10. The maximum Gasteiger partial charge on any atom is 0.305 e. The third-order valence-electron chi connectivity index (χ3n) is 8.03. The number of carbonyl (C=O) groups excluding carboxylic acids is 2. The Balaban J connectivity index is 1.28. The number of likely N-dealkylation sites (N-methyl/N-ethyl adjacent to an activating group) is 1. The van der Waals surface area contributed by atoms with Crippen molar-refractivity contribution in [1.29, 1.82) is 0 Å². The molecule has 1 aromatic carbocycles. The Kier molecular flexibility index (Phi) is 12.8. The Bertz CT molecular complexity index is 1550. The first-order chi connectivity index (χ1) is 22.6. The van der Waals surface area contributed by atoms with Gasteiger partial charge in [-0.15, -0.1) is 0 Å². The van der Waals surface area contributed by atoms with Gasteiger partial charge in [0.25, 0.3) is 5.91 Å². The second-order valence-corrected chi connectivity index (χ2v) is 11.4. The van der Waals surface area contributed by atoms with Gasteiger partial charge in [0.2, 0.25) is 11.3 Å². The molecule has 2 amide bonds. The van der Waals surface area contributed by atoms with E-state index in [-0.39, 0.29) is 82.6 Å². The van der Waals surface area contributed by atoms with Gasteiger partial charge in [0.05, 0.1) is 43.2 Å². The first-order valence-corrected chi connectivity index (χ1v) is 15.5. The molecule has 2 aromatic rings. The van der Waals surface area contributed by atoms with Gasteiger partial charge >= 0.3 is 5.97 Å². The molecule has 2 aliphatic rings. The van der Waals surface area contributed by atoms with E-state index in [1.807, 2.05) is 23.4 Å². The number of hydrogen-bond donors (Lipinski definition) is 2. The molecule has 2 N–H and O–H groups in total. The fourth-order valence-electron chi connectivity index (χ4n) is 5.47. The van der Waals surface area contributed by atoms with E-state index in [1.54, 1.807) is 0 Å². The molecule has 0 spiro atoms. The number of aromatic nitrogens is 1. The van der Waals surface area contributed by atoms with Crippen molar-refractivity contribution >= 4 is 34.4 Å². The quantitative estimate of drug-likeness (QED) is 0.109. The minimum absolute atomic E-state index is 0.00666. The third-order valence-corrected chi connectivity index (χ3v) is 8.03. The van der Waals surface area contributed by atoms with Crippen LogP contribution in [0.15, 0.2) is 22.2 Å². The van der Waals surface area contributed by atoms with Gasteiger partial charge in [-0.25, -0.2) is 4.39 Å². The molecule has 0 bridgehead atoms. The van der Waals surface area contributed by atoms with E-state index in [4.69, 9.17) is 24.8 Å². The van der Waals surface area contributed by atoms with Crippen LogP contribution in [0.4, 0.5) is 10.1 Å². The maximum atomic E-state index is 15.5. The highest BCUT2D eigenvalue weighted by atomic mass is 19.1. The van der Waals surface area contributed by atoms with Gasteiger partial charge in [0, 0.05) is 63.5 Å². The molecule has 1 fully saturated rings. The van der Waals surface area contributed by atoms with Crippen LogP contribution in [-0.2, 0) is 19.1 Å². The smallest absolute Gasteiger partial charge is 0.305 e. The minimum atomic E-state index is -1.04. The van der Waals surface area contributed by atoms with Crippen LogP contribution in [0.1, 0.15) is 36.2 Å². The second kappa shape index (κ2) is 16.9. The van der Waals surface area contributed by atoms with Crippen LogP contribution >= 0.6 is 0 Å². The molecule has 0 saturated carbocycles. The number of amides is 2. The average Bonchev–Trinajstić information content (AvgIpc) is 3.04. The zero-order valence-corrected chi connectivity index (χ0v) is 26.7. The SMILES string of the molecule is C[C@H]1COc2c(N3CCN(C)CC3)c(F)cc3c(=O)c(C(=O)NCCOCCOCC(=O)N(CCCN=[N+]=[N-])CCC(=O)O)cn1c23. The molecule has 1 saturated heterocycles. The van der Waals surface area contributed by atoms with Crippen LogP contribution in [0.5, 0.6) is 5.75 Å². The minimum Gasteiger partial charge on any atom is -0.487 e. The summed E-state index contributed by atoms with van der Waals surface area (Å²) in [5.74, 6) is -2.30. The van der Waals surface area contributed by atoms with Crippen LogP contribution in [0.2, 0.25) is 0 Å². The predicted molar refractivity (Wildman–Crippen MR) is 170 cm³/mol. The lowest BCUT2D eigenvalue weighted by Crippen LogP contribution is -2.45. The van der Waals surface area contributed by atoms with E-state index in [9.17, 15) is 19.2 Å². The van der Waals surface area contributed by atoms with Crippen molar-refractivity contribution in [1.82, 2.24) is 19.7 Å². The lowest BCUT2D eigenvalue weighted by molar-refractivity contribution is -0.140. The van der Waals surface area contributed by atoms with Crippen molar-refractivity contribution in [2.45, 2.75) is 25.8 Å². The maximum absolute atomic E-state index is 15.5. The van der Waals surface area contributed by atoms with E-state index in [0.29, 0.717) is 36.5 Å². The molecule has 0 aliphatic carbocycles. The number of carboxylic acid groups (broad SMARTS) is 1. The highest BCUT2D eigenvalue weighted by Crippen LogP contribution is 2.42. The molecule has 256 valence electrons. The highest BCUT2D eigenvalue weighted by Gasteiger charge is 2.31. The fourth-order valence-corrected chi connectivity index (χ4v) is 5.47. The summed E-state index contributed by atoms with van der Waals surface area (Å²) in [4.78, 5) is 57.9. The largest absolute Gasteiger partial charge is 0.487 e. The molecular weight excluding hydrogens is 619 g/mol. The number of benzene rings is 1. The number of carboxylic acids is 1. The summed E-state index contributed by atoms with van der Waals surface area (Å²) < 4.78 is 34.2. The van der Waals surface area contributed by atoms with Gasteiger partial charge in [0.1, 0.15) is 24.5 Å². The zero-order valence-electron chi connectivity index (χ0n) is 26.7. The number of rotatable bonds is 17. The summed E-state index contributed by atoms with van der Waals surface area (Å²) in [5.41, 5.74) is 8.48. The van der Waals surface area contributed by atoms with Gasteiger partial charge < -0.3 is 43.9 Å². The lowest BCUT2D eigenvalue weighted by Gasteiger charge is -2.37. The van der Waals surface area contributed by atoms with Crippen molar-refractivity contribution < 1.29 is 38.1 Å². The standard InChI is InChI=1S/C30H41FN8O8/c1-20-18-47-29-26-21(16-23(31)27(29)38-11-9-36(2)10-12-38)28(43)22(17-39(20)26)30(44)33-6-13-45-14-15-46-19-24(40)37(8-4-25(41)42)7-3-5-34-35-32/h16-17,20H,3-15,18-19H2,1-2H3,(H,33,44)(H,41,42)/t20-/m0/s1. The van der Waals surface area contributed by atoms with E-state index in [1.165, 1.54) is 17.2 Å². The molecule has 2 aliphatic heterocycles. The molecule has 0 unspecified atom stereocenters. The molecule has 17 heteroatoms. The molecule has 3 heterocycles. The molecule has 4 rings (SSSR count). The first kappa shape index (κ1) is 35.4. The molecule has 0 radical (unpaired) electrons. The normalized spacial score (nSPS) is 16.0. The van der Waals surface area contributed by atoms with Crippen LogP contribution in [0, 0.1) is 5.82 Å². The first-order valence-electron chi connectivity index (χ1n) is 15.5. The number of azide groups is 1. The van der Waals surface area contributed by atoms with Gasteiger partial charge in [-0.3, -0.25) is 19.2 Å². The topological polar surface area (TPSA) is 192 Å². The molecule has 1 atom stereocenters. The predicted octanol–water partition coefficient (Wildman–Crippen LogP) is 1.61. The van der Waals surface area contributed by atoms with Gasteiger partial charge in [-0.05, 0) is 32.0 Å². The number of carbonyl (C=O) groups is 3. The average molecular weight is 661 g/mol. The Morgan fingerprint density at radius 3 is 2.66 bits per heavy atom. The molecule has 1 aromatic heterocycles. The summed E-state index contributed by atoms with van der Waals surface area (Å²) in [6.45, 7) is 5.46. The van der Waals surface area contributed by atoms with Crippen LogP contribution < -0.4 is 20.4 Å². The molecular formula is C30H41FN8O8. The number of piperazine rings is 1. The number of halogens is 1. The summed E-state index contributed by atoms with van der Waals surface area (Å²) in [7, 11) is 2.01. The van der Waals surface area contributed by atoms with E-state index in [0.717, 1.165) is 13.1 Å². The number of nitrogens with one attached hydrogen (secondary N) is 1. The molecule has 47 heavy (non-hydrogen) atoms. The van der Waals surface area contributed by atoms with Crippen molar-refractivity contribution in [2.75, 3.05) is 97.3 Å². The zero-order chi connectivity index (χ0) is 33.9. The van der Waals surface area contributed by atoms with Crippen molar-refractivity contribution in [3.05, 3.63) is 44.3 Å². The lowest BCUT2D eigenvalue weighted by atomic mass is 10.0. The van der Waals surface area contributed by atoms with Crippen molar-refractivity contribution in [3.63, 3.8) is 0 Å². The Morgan fingerprint density at radius 1 is 1.19 bits per heavy atom. The summed E-state index contributed by atoms with van der Waals surface area (Å²) in [6, 6.07) is 1.01. The van der Waals surface area contributed by atoms with E-state index < -0.39 is 29.0 Å². The van der Waals surface area contributed by atoms with Crippen LogP contribution in [-0.4, -0.2) is 130 Å². The Hall–Kier alpha value is -4.44. The Morgan fingerprint density at radius 2 is 1.94 bits per heavy atom. The summed E-state index contributed by atoms with van der Waals surface area (Å²) in [6.07, 6.45) is 1.67. The van der Waals surface area contributed by atoms with Crippen LogP contribution in [0.25, 0.3) is 21.3 Å². The van der Waals surface area contributed by atoms with Gasteiger partial charge in [-0.2, -0.15) is 0 Å². The number of ether oxygens (including phenoxy) is 3. The monoisotopic (exact) mass is 660 g/mol. The molecule has 16 nitrogen and oxygen atoms in total.